The molecule has 1 aromatic heterocycles. The zero-order chi connectivity index (χ0) is 25.9. The van der Waals surface area contributed by atoms with Crippen LogP contribution < -0.4 is 15.7 Å². The van der Waals surface area contributed by atoms with Crippen LogP contribution in [0.4, 0.5) is 5.69 Å². The van der Waals surface area contributed by atoms with Gasteiger partial charge in [-0.05, 0) is 60.9 Å². The van der Waals surface area contributed by atoms with Gasteiger partial charge in [-0.15, -0.1) is 0 Å². The minimum Gasteiger partial charge on any atom is -0.496 e. The Morgan fingerprint density at radius 1 is 1.14 bits per heavy atom. The number of methoxy groups -OCH3 is 1. The van der Waals surface area contributed by atoms with Crippen molar-refractivity contribution < 1.29 is 19.2 Å². The third kappa shape index (κ3) is 5.46. The van der Waals surface area contributed by atoms with E-state index in [9.17, 15) is 14.7 Å². The van der Waals surface area contributed by atoms with E-state index in [0.29, 0.717) is 28.6 Å². The van der Waals surface area contributed by atoms with Crippen molar-refractivity contribution in [3.05, 3.63) is 64.1 Å². The fourth-order valence-corrected chi connectivity index (χ4v) is 5.70. The maximum atomic E-state index is 13.8. The van der Waals surface area contributed by atoms with Crippen LogP contribution >= 0.6 is 0 Å². The second-order valence-electron chi connectivity index (χ2n) is 10.8. The van der Waals surface area contributed by atoms with Crippen LogP contribution in [0, 0.1) is 12.8 Å². The first-order valence-electron chi connectivity index (χ1n) is 12.7. The first-order valence-corrected chi connectivity index (χ1v) is 12.7. The molecule has 0 aliphatic heterocycles. The normalized spacial score (nSPS) is 16.5. The van der Waals surface area contributed by atoms with Gasteiger partial charge in [0.15, 0.2) is 0 Å². The number of nitrogens with one attached hydrogen (secondary N) is 1. The summed E-state index contributed by atoms with van der Waals surface area (Å²) in [6.07, 6.45) is 6.11. The highest BCUT2D eigenvalue weighted by molar-refractivity contribution is 5.99. The van der Waals surface area contributed by atoms with Gasteiger partial charge in [0.25, 0.3) is 5.91 Å². The zero-order valence-electron chi connectivity index (χ0n) is 21.6. The van der Waals surface area contributed by atoms with Gasteiger partial charge in [0.05, 0.1) is 18.2 Å². The maximum absolute atomic E-state index is 13.8. The largest absolute Gasteiger partial charge is 0.496 e. The van der Waals surface area contributed by atoms with Crippen LogP contribution in [0.1, 0.15) is 70.1 Å². The molecule has 1 fully saturated rings. The highest BCUT2D eigenvalue weighted by atomic mass is 16.5. The molecule has 2 N–H and O–H groups in total. The molecule has 0 spiro atoms. The van der Waals surface area contributed by atoms with Crippen molar-refractivity contribution in [1.82, 2.24) is 5.16 Å². The quantitative estimate of drug-likeness (QED) is 0.430. The van der Waals surface area contributed by atoms with Crippen molar-refractivity contribution in [2.75, 3.05) is 12.4 Å². The van der Waals surface area contributed by atoms with E-state index >= 15 is 0 Å². The summed E-state index contributed by atoms with van der Waals surface area (Å²) in [5, 5.41) is 19.8. The van der Waals surface area contributed by atoms with E-state index in [2.05, 4.69) is 10.5 Å². The Morgan fingerprint density at radius 2 is 1.86 bits per heavy atom. The molecule has 36 heavy (non-hydrogen) atoms. The number of rotatable bonds is 8. The molecule has 2 aromatic carbocycles. The molecule has 1 amide bonds. The van der Waals surface area contributed by atoms with Crippen LogP contribution in [0.2, 0.25) is 0 Å². The third-order valence-corrected chi connectivity index (χ3v) is 7.50. The summed E-state index contributed by atoms with van der Waals surface area (Å²) < 4.78 is 10.4. The number of aryl methyl sites for hydroxylation is 1. The lowest BCUT2D eigenvalue weighted by atomic mass is 9.70. The molecule has 3 aromatic rings. The van der Waals surface area contributed by atoms with Crippen LogP contribution in [-0.4, -0.2) is 28.9 Å². The first kappa shape index (κ1) is 25.9. The fourth-order valence-electron chi connectivity index (χ4n) is 5.70. The summed E-state index contributed by atoms with van der Waals surface area (Å²) in [5.41, 5.74) is -0.654. The number of para-hydroxylation sites is 1. The lowest BCUT2D eigenvalue weighted by Gasteiger charge is -2.39. The van der Waals surface area contributed by atoms with E-state index in [1.165, 1.54) is 6.42 Å². The summed E-state index contributed by atoms with van der Waals surface area (Å²) in [6, 6.07) is 12.7. The molecule has 1 saturated carbocycles. The molecule has 1 heterocycles. The van der Waals surface area contributed by atoms with Crippen molar-refractivity contribution in [2.24, 2.45) is 5.92 Å². The Hall–Kier alpha value is -3.19. The van der Waals surface area contributed by atoms with Gasteiger partial charge in [-0.1, -0.05) is 69.3 Å². The number of carbonyl (C=O) groups excluding carboxylic acids is 1. The molecule has 1 unspecified atom stereocenters. The molecule has 7 heteroatoms. The Kier molecular flexibility index (Phi) is 7.50. The van der Waals surface area contributed by atoms with E-state index in [0.717, 1.165) is 37.0 Å². The van der Waals surface area contributed by atoms with Gasteiger partial charge in [-0.3, -0.25) is 4.79 Å². The SMILES string of the molecule is COc1ccccc1C(C)(C)CC(O)(CC1CCCCC1)C(=O)Nc1ccc2c(=O)onc(C)c2c1. The predicted octanol–water partition coefficient (Wildman–Crippen LogP) is 5.51. The van der Waals surface area contributed by atoms with Gasteiger partial charge in [0.2, 0.25) is 0 Å². The van der Waals surface area contributed by atoms with E-state index in [4.69, 9.17) is 9.26 Å². The number of aromatic nitrogens is 1. The van der Waals surface area contributed by atoms with E-state index in [-0.39, 0.29) is 12.3 Å². The number of amides is 1. The van der Waals surface area contributed by atoms with Crippen molar-refractivity contribution in [3.8, 4) is 5.75 Å². The molecule has 192 valence electrons. The number of fused-ring (bicyclic) bond motifs is 1. The highest BCUT2D eigenvalue weighted by Gasteiger charge is 2.44. The van der Waals surface area contributed by atoms with Gasteiger partial charge in [-0.25, -0.2) is 4.79 Å². The van der Waals surface area contributed by atoms with Crippen LogP contribution in [0.15, 0.2) is 51.8 Å². The molecule has 7 nitrogen and oxygen atoms in total. The molecule has 0 bridgehead atoms. The van der Waals surface area contributed by atoms with Crippen LogP contribution in [0.3, 0.4) is 0 Å². The second kappa shape index (κ2) is 10.4. The third-order valence-electron chi connectivity index (χ3n) is 7.50. The number of ether oxygens (including phenoxy) is 1. The zero-order valence-corrected chi connectivity index (χ0v) is 21.6. The number of anilines is 1. The standard InChI is InChI=1S/C29H36N2O5/c1-19-23-16-21(14-15-22(23)26(32)36-31-19)30-27(33)29(34,17-20-10-6-5-7-11-20)18-28(2,3)24-12-8-9-13-25(24)35-4/h8-9,12-16,20,34H,5-7,10-11,17-18H2,1-4H3,(H,30,33). The van der Waals surface area contributed by atoms with Crippen LogP contribution in [0.5, 0.6) is 5.75 Å². The van der Waals surface area contributed by atoms with Crippen molar-refractivity contribution in [3.63, 3.8) is 0 Å². The summed E-state index contributed by atoms with van der Waals surface area (Å²) in [5.74, 6) is 0.582. The fraction of sp³-hybridized carbons (Fsp3) is 0.483. The first-order chi connectivity index (χ1) is 17.1. The van der Waals surface area contributed by atoms with Gasteiger partial charge in [-0.2, -0.15) is 0 Å². The average Bonchev–Trinajstić information content (AvgIpc) is 2.86. The van der Waals surface area contributed by atoms with Gasteiger partial charge in [0.1, 0.15) is 11.4 Å². The lowest BCUT2D eigenvalue weighted by molar-refractivity contribution is -0.138. The minimum absolute atomic E-state index is 0.237. The molecule has 0 radical (unpaired) electrons. The van der Waals surface area contributed by atoms with Gasteiger partial charge >= 0.3 is 5.63 Å². The number of benzene rings is 2. The maximum Gasteiger partial charge on any atom is 0.366 e. The molecule has 1 aliphatic carbocycles. The monoisotopic (exact) mass is 492 g/mol. The van der Waals surface area contributed by atoms with E-state index in [1.54, 1.807) is 32.2 Å². The molecule has 4 rings (SSSR count). The molecule has 1 atom stereocenters. The van der Waals surface area contributed by atoms with Crippen molar-refractivity contribution in [2.45, 2.75) is 76.7 Å². The van der Waals surface area contributed by atoms with E-state index < -0.39 is 22.5 Å². The lowest BCUT2D eigenvalue weighted by Crippen LogP contribution is -2.48. The minimum atomic E-state index is -1.59. The predicted molar refractivity (Wildman–Crippen MR) is 140 cm³/mol. The molecule has 0 saturated heterocycles. The molecule has 1 aliphatic rings. The molecular formula is C29H36N2O5. The van der Waals surface area contributed by atoms with Crippen LogP contribution in [0.25, 0.3) is 10.8 Å². The summed E-state index contributed by atoms with van der Waals surface area (Å²) in [7, 11) is 1.63. The summed E-state index contributed by atoms with van der Waals surface area (Å²) >= 11 is 0. The van der Waals surface area contributed by atoms with Crippen molar-refractivity contribution >= 4 is 22.4 Å². The van der Waals surface area contributed by atoms with E-state index in [1.807, 2.05) is 38.1 Å². The summed E-state index contributed by atoms with van der Waals surface area (Å²) in [6.45, 7) is 5.81. The molecular weight excluding hydrogens is 456 g/mol. The van der Waals surface area contributed by atoms with Gasteiger partial charge < -0.3 is 19.7 Å². The number of hydrogen-bond acceptors (Lipinski definition) is 6. The Balaban J connectivity index is 1.66. The number of nitrogens with zero attached hydrogens (tertiary/aromatic N) is 1. The number of hydrogen-bond donors (Lipinski definition) is 2. The average molecular weight is 493 g/mol. The second-order valence-corrected chi connectivity index (χ2v) is 10.8. The van der Waals surface area contributed by atoms with Gasteiger partial charge in [0, 0.05) is 11.1 Å². The highest BCUT2D eigenvalue weighted by Crippen LogP contribution is 2.42. The number of carbonyl (C=O) groups is 1. The topological polar surface area (TPSA) is 102 Å². The van der Waals surface area contributed by atoms with Crippen molar-refractivity contribution in [1.29, 1.82) is 0 Å². The Morgan fingerprint density at radius 3 is 2.58 bits per heavy atom. The smallest absolute Gasteiger partial charge is 0.366 e. The number of aliphatic hydroxyl groups is 1. The summed E-state index contributed by atoms with van der Waals surface area (Å²) in [4.78, 5) is 25.8. The Bertz CT molecular complexity index is 1290. The van der Waals surface area contributed by atoms with Crippen LogP contribution in [-0.2, 0) is 10.2 Å². The Labute approximate surface area is 211 Å².